The maximum absolute atomic E-state index is 12.4. The van der Waals surface area contributed by atoms with Crippen LogP contribution in [0, 0.1) is 0 Å². The molecule has 1 heterocycles. The number of hydrogen-bond donors (Lipinski definition) is 2. The van der Waals surface area contributed by atoms with Crippen molar-refractivity contribution >= 4 is 11.7 Å². The van der Waals surface area contributed by atoms with E-state index in [1.807, 2.05) is 0 Å². The summed E-state index contributed by atoms with van der Waals surface area (Å²) in [6.45, 7) is 0. The number of fused-ring (bicyclic) bond motifs is 1. The van der Waals surface area contributed by atoms with E-state index in [0.717, 1.165) is 12.1 Å². The second-order valence-electron chi connectivity index (χ2n) is 3.61. The van der Waals surface area contributed by atoms with Crippen LogP contribution < -0.4 is 5.32 Å². The van der Waals surface area contributed by atoms with Crippen LogP contribution in [-0.2, 0) is 17.4 Å². The number of halogens is 3. The minimum Gasteiger partial charge on any atom is -0.480 e. The van der Waals surface area contributed by atoms with Crippen LogP contribution in [0.15, 0.2) is 18.2 Å². The highest BCUT2D eigenvalue weighted by molar-refractivity contribution is 5.81. The van der Waals surface area contributed by atoms with Crippen molar-refractivity contribution in [3.05, 3.63) is 29.3 Å². The molecule has 0 saturated heterocycles. The zero-order valence-electron chi connectivity index (χ0n) is 8.01. The van der Waals surface area contributed by atoms with Gasteiger partial charge in [0.25, 0.3) is 0 Å². The van der Waals surface area contributed by atoms with Crippen LogP contribution in [0.25, 0.3) is 0 Å². The van der Waals surface area contributed by atoms with Gasteiger partial charge in [-0.05, 0) is 23.8 Å². The fourth-order valence-corrected chi connectivity index (χ4v) is 1.69. The number of alkyl halides is 3. The summed E-state index contributed by atoms with van der Waals surface area (Å²) in [5.41, 5.74) is 0.0988. The third kappa shape index (κ3) is 1.82. The van der Waals surface area contributed by atoms with E-state index in [0.29, 0.717) is 11.3 Å². The Kier molecular flexibility index (Phi) is 2.29. The number of benzene rings is 1. The number of anilines is 1. The van der Waals surface area contributed by atoms with Crippen molar-refractivity contribution in [1.29, 1.82) is 0 Å². The van der Waals surface area contributed by atoms with Crippen molar-refractivity contribution < 1.29 is 23.1 Å². The van der Waals surface area contributed by atoms with Crippen LogP contribution in [0.4, 0.5) is 18.9 Å². The molecule has 0 bridgehead atoms. The molecule has 2 N–H and O–H groups in total. The molecule has 1 atom stereocenters. The van der Waals surface area contributed by atoms with Gasteiger partial charge in [-0.1, -0.05) is 0 Å². The average molecular weight is 231 g/mol. The lowest BCUT2D eigenvalue weighted by molar-refractivity contribution is -0.138. The van der Waals surface area contributed by atoms with Crippen molar-refractivity contribution in [2.75, 3.05) is 5.32 Å². The van der Waals surface area contributed by atoms with Gasteiger partial charge in [0.15, 0.2) is 0 Å². The minimum absolute atomic E-state index is 0.0780. The monoisotopic (exact) mass is 231 g/mol. The van der Waals surface area contributed by atoms with Crippen molar-refractivity contribution in [1.82, 2.24) is 0 Å². The largest absolute Gasteiger partial charge is 0.480 e. The molecule has 0 amide bonds. The number of carbonyl (C=O) groups is 1. The first-order chi connectivity index (χ1) is 7.38. The molecule has 1 unspecified atom stereocenters. The first-order valence-electron chi connectivity index (χ1n) is 4.57. The van der Waals surface area contributed by atoms with E-state index < -0.39 is 23.8 Å². The lowest BCUT2D eigenvalue weighted by atomic mass is 10.1. The molecule has 6 heteroatoms. The Labute approximate surface area is 88.9 Å². The molecule has 0 saturated carbocycles. The first kappa shape index (κ1) is 10.8. The highest BCUT2D eigenvalue weighted by atomic mass is 19.4. The van der Waals surface area contributed by atoms with Gasteiger partial charge < -0.3 is 10.4 Å². The van der Waals surface area contributed by atoms with E-state index in [4.69, 9.17) is 5.11 Å². The molecule has 86 valence electrons. The fourth-order valence-electron chi connectivity index (χ4n) is 1.69. The molecule has 2 rings (SSSR count). The second kappa shape index (κ2) is 3.40. The SMILES string of the molecule is O=C(O)C1Cc2cc(C(F)(F)F)ccc2N1. The van der Waals surface area contributed by atoms with Crippen LogP contribution >= 0.6 is 0 Å². The molecule has 1 aromatic rings. The van der Waals surface area contributed by atoms with E-state index >= 15 is 0 Å². The van der Waals surface area contributed by atoms with E-state index in [1.165, 1.54) is 6.07 Å². The summed E-state index contributed by atoms with van der Waals surface area (Å²) >= 11 is 0. The second-order valence-corrected chi connectivity index (χ2v) is 3.61. The summed E-state index contributed by atoms with van der Waals surface area (Å²) in [5.74, 6) is -1.07. The molecule has 1 aromatic carbocycles. The third-order valence-corrected chi connectivity index (χ3v) is 2.48. The predicted molar refractivity (Wildman–Crippen MR) is 50.2 cm³/mol. The Balaban J connectivity index is 2.31. The quantitative estimate of drug-likeness (QED) is 0.778. The average Bonchev–Trinajstić information content (AvgIpc) is 2.58. The highest BCUT2D eigenvalue weighted by Crippen LogP contribution is 2.34. The summed E-state index contributed by atoms with van der Waals surface area (Å²) in [5, 5.41) is 11.4. The lowest BCUT2D eigenvalue weighted by Crippen LogP contribution is -2.26. The van der Waals surface area contributed by atoms with Crippen molar-refractivity contribution in [3.8, 4) is 0 Å². The normalized spacial score (nSPS) is 19.1. The summed E-state index contributed by atoms with van der Waals surface area (Å²) in [6, 6.07) is 2.36. The van der Waals surface area contributed by atoms with Gasteiger partial charge >= 0.3 is 12.1 Å². The van der Waals surface area contributed by atoms with Crippen LogP contribution in [0.5, 0.6) is 0 Å². The Hall–Kier alpha value is -1.72. The maximum atomic E-state index is 12.4. The molecule has 0 spiro atoms. The van der Waals surface area contributed by atoms with Gasteiger partial charge in [0.1, 0.15) is 6.04 Å². The van der Waals surface area contributed by atoms with E-state index in [9.17, 15) is 18.0 Å². The molecule has 3 nitrogen and oxygen atoms in total. The Morgan fingerprint density at radius 1 is 1.44 bits per heavy atom. The maximum Gasteiger partial charge on any atom is 0.416 e. The van der Waals surface area contributed by atoms with Gasteiger partial charge in [0.05, 0.1) is 5.56 Å². The van der Waals surface area contributed by atoms with Gasteiger partial charge in [0, 0.05) is 12.1 Å². The number of carboxylic acid groups (broad SMARTS) is 1. The van der Waals surface area contributed by atoms with Crippen LogP contribution in [-0.4, -0.2) is 17.1 Å². The number of carboxylic acids is 1. The molecule has 16 heavy (non-hydrogen) atoms. The third-order valence-electron chi connectivity index (χ3n) is 2.48. The zero-order chi connectivity index (χ0) is 11.9. The van der Waals surface area contributed by atoms with Crippen molar-refractivity contribution in [2.24, 2.45) is 0 Å². The predicted octanol–water partition coefficient (Wildman–Crippen LogP) is 2.13. The topological polar surface area (TPSA) is 49.3 Å². The summed E-state index contributed by atoms with van der Waals surface area (Å²) in [6.07, 6.45) is -4.31. The summed E-state index contributed by atoms with van der Waals surface area (Å²) < 4.78 is 37.1. The van der Waals surface area contributed by atoms with Gasteiger partial charge in [-0.2, -0.15) is 13.2 Å². The van der Waals surface area contributed by atoms with Crippen LogP contribution in [0.3, 0.4) is 0 Å². The smallest absolute Gasteiger partial charge is 0.416 e. The number of rotatable bonds is 1. The molecule has 0 radical (unpaired) electrons. The van der Waals surface area contributed by atoms with Gasteiger partial charge in [0.2, 0.25) is 0 Å². The van der Waals surface area contributed by atoms with E-state index in [2.05, 4.69) is 5.32 Å². The van der Waals surface area contributed by atoms with E-state index in [-0.39, 0.29) is 6.42 Å². The fraction of sp³-hybridized carbons (Fsp3) is 0.300. The highest BCUT2D eigenvalue weighted by Gasteiger charge is 2.33. The standard InChI is InChI=1S/C10H8F3NO2/c11-10(12,13)6-1-2-7-5(3-6)4-8(14-7)9(15)16/h1-3,8,14H,4H2,(H,15,16). The molecular formula is C10H8F3NO2. The molecule has 0 fully saturated rings. The number of nitrogens with one attached hydrogen (secondary N) is 1. The number of aliphatic carboxylic acids is 1. The van der Waals surface area contributed by atoms with Crippen molar-refractivity contribution in [3.63, 3.8) is 0 Å². The number of hydrogen-bond acceptors (Lipinski definition) is 2. The Morgan fingerprint density at radius 3 is 2.69 bits per heavy atom. The summed E-state index contributed by atoms with van der Waals surface area (Å²) in [4.78, 5) is 10.7. The van der Waals surface area contributed by atoms with Gasteiger partial charge in [-0.15, -0.1) is 0 Å². The van der Waals surface area contributed by atoms with Crippen molar-refractivity contribution in [2.45, 2.75) is 18.6 Å². The molecule has 1 aliphatic heterocycles. The van der Waals surface area contributed by atoms with Gasteiger partial charge in [-0.25, -0.2) is 4.79 Å². The molecular weight excluding hydrogens is 223 g/mol. The zero-order valence-corrected chi connectivity index (χ0v) is 8.01. The first-order valence-corrected chi connectivity index (χ1v) is 4.57. The Bertz CT molecular complexity index is 442. The van der Waals surface area contributed by atoms with Crippen LogP contribution in [0.2, 0.25) is 0 Å². The Morgan fingerprint density at radius 2 is 2.12 bits per heavy atom. The minimum atomic E-state index is -4.39. The molecule has 1 aliphatic rings. The summed E-state index contributed by atoms with van der Waals surface area (Å²) in [7, 11) is 0. The molecule has 0 aromatic heterocycles. The lowest BCUT2D eigenvalue weighted by Gasteiger charge is -2.07. The van der Waals surface area contributed by atoms with Crippen LogP contribution in [0.1, 0.15) is 11.1 Å². The van der Waals surface area contributed by atoms with E-state index in [1.54, 1.807) is 0 Å². The molecule has 0 aliphatic carbocycles. The van der Waals surface area contributed by atoms with Gasteiger partial charge in [-0.3, -0.25) is 0 Å².